The van der Waals surface area contributed by atoms with Crippen LogP contribution in [0.3, 0.4) is 0 Å². The molecule has 1 saturated heterocycles. The maximum Gasteiger partial charge on any atom is 0.337 e. The Kier molecular flexibility index (Phi) is 4.23. The van der Waals surface area contributed by atoms with E-state index in [0.29, 0.717) is 36.1 Å². The Hall–Kier alpha value is -3.42. The third-order valence-corrected chi connectivity index (χ3v) is 4.50. The lowest BCUT2D eigenvalue weighted by atomic mass is 10.2. The van der Waals surface area contributed by atoms with Crippen LogP contribution < -0.4 is 0 Å². The Bertz CT molecular complexity index is 1020. The van der Waals surface area contributed by atoms with Gasteiger partial charge in [0.15, 0.2) is 11.6 Å². The topological polar surface area (TPSA) is 101 Å². The summed E-state index contributed by atoms with van der Waals surface area (Å²) >= 11 is 0. The van der Waals surface area contributed by atoms with Gasteiger partial charge in [-0.25, -0.2) is 14.5 Å². The summed E-state index contributed by atoms with van der Waals surface area (Å²) in [5.74, 6) is 1.07. The number of rotatable bonds is 5. The third kappa shape index (κ3) is 3.21. The molecule has 4 rings (SSSR count). The number of aryl methyl sites for hydroxylation is 1. The van der Waals surface area contributed by atoms with Crippen LogP contribution in [0.15, 0.2) is 40.8 Å². The molecule has 8 nitrogen and oxygen atoms in total. The van der Waals surface area contributed by atoms with E-state index in [1.54, 1.807) is 29.2 Å². The maximum atomic E-state index is 12.0. The first-order chi connectivity index (χ1) is 13.0. The second kappa shape index (κ2) is 6.71. The van der Waals surface area contributed by atoms with Crippen LogP contribution in [-0.2, 0) is 11.3 Å². The van der Waals surface area contributed by atoms with Crippen LogP contribution in [0, 0.1) is 6.92 Å². The van der Waals surface area contributed by atoms with Crippen molar-refractivity contribution < 1.29 is 19.1 Å². The number of likely N-dealkylation sites (tertiary alicyclic amines) is 1. The maximum absolute atomic E-state index is 12.0. The smallest absolute Gasteiger partial charge is 0.337 e. The summed E-state index contributed by atoms with van der Waals surface area (Å²) in [4.78, 5) is 29.9. The van der Waals surface area contributed by atoms with E-state index < -0.39 is 5.97 Å². The van der Waals surface area contributed by atoms with E-state index in [1.807, 2.05) is 13.0 Å². The predicted octanol–water partition coefficient (Wildman–Crippen LogP) is 2.66. The van der Waals surface area contributed by atoms with Gasteiger partial charge < -0.3 is 14.4 Å². The van der Waals surface area contributed by atoms with Crippen molar-refractivity contribution in [2.45, 2.75) is 26.3 Å². The van der Waals surface area contributed by atoms with Gasteiger partial charge in [-0.05, 0) is 37.6 Å². The molecule has 0 atom stereocenters. The number of nitrogens with zero attached hydrogens (tertiary/aromatic N) is 4. The molecule has 0 aliphatic carbocycles. The Morgan fingerprint density at radius 3 is 2.74 bits per heavy atom. The molecule has 2 aromatic heterocycles. The lowest BCUT2D eigenvalue weighted by molar-refractivity contribution is -0.128. The van der Waals surface area contributed by atoms with Gasteiger partial charge >= 0.3 is 5.97 Å². The van der Waals surface area contributed by atoms with Crippen molar-refractivity contribution in [1.29, 1.82) is 0 Å². The molecule has 0 saturated carbocycles. The molecule has 138 valence electrons. The number of amides is 1. The number of carboxylic acids is 1. The molecule has 27 heavy (non-hydrogen) atoms. The fourth-order valence-corrected chi connectivity index (χ4v) is 3.18. The van der Waals surface area contributed by atoms with Gasteiger partial charge in [0.05, 0.1) is 17.8 Å². The molecule has 1 N–H and O–H groups in total. The number of hydrogen-bond donors (Lipinski definition) is 1. The highest BCUT2D eigenvalue weighted by Gasteiger charge is 2.25. The number of benzene rings is 1. The summed E-state index contributed by atoms with van der Waals surface area (Å²) in [5, 5.41) is 14.0. The second-order valence-corrected chi connectivity index (χ2v) is 6.41. The van der Waals surface area contributed by atoms with E-state index >= 15 is 0 Å². The predicted molar refractivity (Wildman–Crippen MR) is 95.4 cm³/mol. The Labute approximate surface area is 155 Å². The molecular formula is C19H18N4O4. The number of para-hydroxylation sites is 1. The molecule has 0 bridgehead atoms. The van der Waals surface area contributed by atoms with Crippen molar-refractivity contribution in [1.82, 2.24) is 19.7 Å². The van der Waals surface area contributed by atoms with E-state index in [-0.39, 0.29) is 18.0 Å². The Morgan fingerprint density at radius 1 is 1.26 bits per heavy atom. The summed E-state index contributed by atoms with van der Waals surface area (Å²) in [6.07, 6.45) is 1.33. The normalized spacial score (nSPS) is 14.1. The zero-order valence-electron chi connectivity index (χ0n) is 14.8. The number of carbonyl (C=O) groups excluding carboxylic acids is 1. The molecule has 0 unspecified atom stereocenters. The zero-order chi connectivity index (χ0) is 19.0. The summed E-state index contributed by atoms with van der Waals surface area (Å²) in [6, 6.07) is 10.2. The molecule has 1 aromatic carbocycles. The average Bonchev–Trinajstić information content (AvgIpc) is 3.36. The summed E-state index contributed by atoms with van der Waals surface area (Å²) in [6.45, 7) is 2.74. The quantitative estimate of drug-likeness (QED) is 0.745. The molecule has 1 amide bonds. The number of hydrogen-bond acceptors (Lipinski definition) is 5. The SMILES string of the molecule is Cc1ccc(-c2nc(CN3CCCC3=O)n(-c3ccccc3C(=O)O)n2)o1. The molecule has 0 radical (unpaired) electrons. The monoisotopic (exact) mass is 366 g/mol. The fourth-order valence-electron chi connectivity index (χ4n) is 3.18. The first kappa shape index (κ1) is 17.0. The summed E-state index contributed by atoms with van der Waals surface area (Å²) < 4.78 is 7.10. The molecule has 1 aliphatic rings. The molecule has 0 spiro atoms. The summed E-state index contributed by atoms with van der Waals surface area (Å²) in [5.41, 5.74) is 0.507. The first-order valence-corrected chi connectivity index (χ1v) is 8.66. The van der Waals surface area contributed by atoms with Crippen molar-refractivity contribution in [2.75, 3.05) is 6.54 Å². The van der Waals surface area contributed by atoms with E-state index in [1.165, 1.54) is 10.7 Å². The van der Waals surface area contributed by atoms with E-state index in [4.69, 9.17) is 4.42 Å². The van der Waals surface area contributed by atoms with Gasteiger partial charge in [0.25, 0.3) is 0 Å². The minimum Gasteiger partial charge on any atom is -0.478 e. The molecule has 3 heterocycles. The average molecular weight is 366 g/mol. The second-order valence-electron chi connectivity index (χ2n) is 6.41. The van der Waals surface area contributed by atoms with Gasteiger partial charge in [-0.2, -0.15) is 0 Å². The van der Waals surface area contributed by atoms with Crippen molar-refractivity contribution in [3.63, 3.8) is 0 Å². The first-order valence-electron chi connectivity index (χ1n) is 8.66. The Morgan fingerprint density at radius 2 is 2.07 bits per heavy atom. The minimum absolute atomic E-state index is 0.0615. The van der Waals surface area contributed by atoms with Gasteiger partial charge in [0, 0.05) is 13.0 Å². The van der Waals surface area contributed by atoms with Gasteiger partial charge in [-0.15, -0.1) is 5.10 Å². The number of aromatic carboxylic acids is 1. The highest BCUT2D eigenvalue weighted by molar-refractivity contribution is 5.91. The van der Waals surface area contributed by atoms with Crippen LogP contribution in [0.25, 0.3) is 17.3 Å². The van der Waals surface area contributed by atoms with Crippen molar-refractivity contribution in [3.8, 4) is 17.3 Å². The molecule has 1 fully saturated rings. The lowest BCUT2D eigenvalue weighted by Crippen LogP contribution is -2.26. The van der Waals surface area contributed by atoms with Crippen LogP contribution in [-0.4, -0.2) is 43.2 Å². The number of aromatic nitrogens is 3. The van der Waals surface area contributed by atoms with Gasteiger partial charge in [0.1, 0.15) is 5.76 Å². The highest BCUT2D eigenvalue weighted by atomic mass is 16.4. The number of furan rings is 1. The highest BCUT2D eigenvalue weighted by Crippen LogP contribution is 2.24. The van der Waals surface area contributed by atoms with E-state index in [9.17, 15) is 14.7 Å². The van der Waals surface area contributed by atoms with Crippen LogP contribution in [0.4, 0.5) is 0 Å². The molecular weight excluding hydrogens is 348 g/mol. The van der Waals surface area contributed by atoms with Crippen LogP contribution in [0.1, 0.15) is 34.8 Å². The third-order valence-electron chi connectivity index (χ3n) is 4.50. The van der Waals surface area contributed by atoms with Crippen molar-refractivity contribution in [2.24, 2.45) is 0 Å². The molecule has 1 aliphatic heterocycles. The zero-order valence-corrected chi connectivity index (χ0v) is 14.8. The van der Waals surface area contributed by atoms with Crippen LogP contribution in [0.2, 0.25) is 0 Å². The van der Waals surface area contributed by atoms with Crippen LogP contribution in [0.5, 0.6) is 0 Å². The van der Waals surface area contributed by atoms with E-state index in [2.05, 4.69) is 10.1 Å². The molecule has 3 aromatic rings. The summed E-state index contributed by atoms with van der Waals surface area (Å²) in [7, 11) is 0. The molecule has 8 heteroatoms. The number of carbonyl (C=O) groups is 2. The largest absolute Gasteiger partial charge is 0.478 e. The van der Waals surface area contributed by atoms with Gasteiger partial charge in [0.2, 0.25) is 11.7 Å². The van der Waals surface area contributed by atoms with Crippen molar-refractivity contribution in [3.05, 3.63) is 53.5 Å². The fraction of sp³-hybridized carbons (Fsp3) is 0.263. The van der Waals surface area contributed by atoms with Crippen LogP contribution >= 0.6 is 0 Å². The van der Waals surface area contributed by atoms with Gasteiger partial charge in [-0.1, -0.05) is 12.1 Å². The minimum atomic E-state index is -1.06. The Balaban J connectivity index is 1.82. The van der Waals surface area contributed by atoms with Crippen molar-refractivity contribution >= 4 is 11.9 Å². The number of carboxylic acid groups (broad SMARTS) is 1. The standard InChI is InChI=1S/C19H18N4O4/c1-12-8-9-15(27-12)18-20-16(11-22-10-4-7-17(22)24)23(21-18)14-6-3-2-5-13(14)19(25)26/h2-3,5-6,8-9H,4,7,10-11H2,1H3,(H,25,26). The van der Waals surface area contributed by atoms with E-state index in [0.717, 1.165) is 12.2 Å². The van der Waals surface area contributed by atoms with Gasteiger partial charge in [-0.3, -0.25) is 4.79 Å². The lowest BCUT2D eigenvalue weighted by Gasteiger charge is -2.16.